The van der Waals surface area contributed by atoms with E-state index in [1.165, 1.54) is 4.90 Å². The van der Waals surface area contributed by atoms with Crippen LogP contribution in [0.25, 0.3) is 0 Å². The third-order valence-electron chi connectivity index (χ3n) is 4.38. The maximum Gasteiger partial charge on any atom is 0.166 e. The van der Waals surface area contributed by atoms with Crippen molar-refractivity contribution in [3.05, 3.63) is 29.8 Å². The van der Waals surface area contributed by atoms with E-state index in [1.807, 2.05) is 12.1 Å². The Kier molecular flexibility index (Phi) is 4.67. The fraction of sp³-hybridized carbons (Fsp3) is 0.588. The van der Waals surface area contributed by atoms with Crippen LogP contribution in [0.3, 0.4) is 0 Å². The maximum atomic E-state index is 12.7. The predicted octanol–water partition coefficient (Wildman–Crippen LogP) is 3.57. The molecule has 2 heterocycles. The number of ketones is 1. The first-order valence-corrected chi connectivity index (χ1v) is 8.70. The number of thioether (sulfide) groups is 1. The highest BCUT2D eigenvalue weighted by molar-refractivity contribution is 7.99. The Morgan fingerprint density at radius 1 is 1.33 bits per heavy atom. The number of Topliss-reactive ketones (excluding diaryl/α,β-unsaturated/α-hetero) is 1. The first kappa shape index (κ1) is 15.1. The third kappa shape index (κ3) is 3.33. The van der Waals surface area contributed by atoms with E-state index in [1.54, 1.807) is 11.8 Å². The van der Waals surface area contributed by atoms with Crippen LogP contribution in [0, 0.1) is 5.92 Å². The van der Waals surface area contributed by atoms with Gasteiger partial charge >= 0.3 is 0 Å². The van der Waals surface area contributed by atoms with Crippen molar-refractivity contribution in [1.82, 2.24) is 0 Å². The lowest BCUT2D eigenvalue weighted by Gasteiger charge is -2.36. The number of carbonyl (C=O) groups excluding carboxylic acids is 1. The fourth-order valence-corrected chi connectivity index (χ4v) is 3.89. The number of ether oxygens (including phenoxy) is 2. The Morgan fingerprint density at radius 2 is 2.14 bits per heavy atom. The van der Waals surface area contributed by atoms with Crippen molar-refractivity contribution in [2.45, 2.75) is 36.7 Å². The molecule has 2 atom stereocenters. The van der Waals surface area contributed by atoms with E-state index >= 15 is 0 Å². The van der Waals surface area contributed by atoms with Gasteiger partial charge in [-0.1, -0.05) is 19.1 Å². The summed E-state index contributed by atoms with van der Waals surface area (Å²) < 4.78 is 11.4. The first-order chi connectivity index (χ1) is 10.2. The van der Waals surface area contributed by atoms with Crippen LogP contribution in [-0.4, -0.2) is 37.0 Å². The standard InChI is InChI=1S/C17H22O3S/c1-2-21-15-5-3-13(4-6-15)16(18)14-7-9-20-17(11-14)8-10-19-12-17/h3-6,14H,2,7-12H2,1H3. The molecule has 1 spiro atoms. The Labute approximate surface area is 130 Å². The van der Waals surface area contributed by atoms with Gasteiger partial charge < -0.3 is 9.47 Å². The summed E-state index contributed by atoms with van der Waals surface area (Å²) in [5.74, 6) is 1.39. The lowest BCUT2D eigenvalue weighted by molar-refractivity contribution is -0.0920. The van der Waals surface area contributed by atoms with Gasteiger partial charge in [-0.15, -0.1) is 11.8 Å². The number of hydrogen-bond donors (Lipinski definition) is 0. The minimum absolute atomic E-state index is 0.0742. The smallest absolute Gasteiger partial charge is 0.166 e. The molecule has 0 aromatic heterocycles. The van der Waals surface area contributed by atoms with Crippen molar-refractivity contribution in [1.29, 1.82) is 0 Å². The molecule has 3 rings (SSSR count). The molecular weight excluding hydrogens is 284 g/mol. The van der Waals surface area contributed by atoms with E-state index in [2.05, 4.69) is 19.1 Å². The Bertz CT molecular complexity index is 491. The topological polar surface area (TPSA) is 35.5 Å². The van der Waals surface area contributed by atoms with Crippen molar-refractivity contribution in [2.24, 2.45) is 5.92 Å². The molecule has 114 valence electrons. The van der Waals surface area contributed by atoms with E-state index in [0.717, 1.165) is 37.2 Å². The molecule has 3 nitrogen and oxygen atoms in total. The summed E-state index contributed by atoms with van der Waals surface area (Å²) >= 11 is 1.80. The van der Waals surface area contributed by atoms with Gasteiger partial charge in [0.2, 0.25) is 0 Å². The van der Waals surface area contributed by atoms with Crippen molar-refractivity contribution in [3.8, 4) is 0 Å². The largest absolute Gasteiger partial charge is 0.378 e. The van der Waals surface area contributed by atoms with E-state index in [-0.39, 0.29) is 17.3 Å². The monoisotopic (exact) mass is 306 g/mol. The fourth-order valence-electron chi connectivity index (χ4n) is 3.23. The molecule has 1 aromatic carbocycles. The molecule has 0 amide bonds. The van der Waals surface area contributed by atoms with Crippen molar-refractivity contribution >= 4 is 17.5 Å². The number of rotatable bonds is 4. The zero-order chi connectivity index (χ0) is 14.7. The second-order valence-corrected chi connectivity index (χ2v) is 7.18. The van der Waals surface area contributed by atoms with Gasteiger partial charge in [0.05, 0.1) is 12.2 Å². The van der Waals surface area contributed by atoms with Gasteiger partial charge in [-0.25, -0.2) is 0 Å². The highest BCUT2D eigenvalue weighted by atomic mass is 32.2. The summed E-state index contributed by atoms with van der Waals surface area (Å²) in [6.07, 6.45) is 2.55. The van der Waals surface area contributed by atoms with Gasteiger partial charge in [-0.05, 0) is 30.7 Å². The summed E-state index contributed by atoms with van der Waals surface area (Å²) in [6, 6.07) is 8.03. The highest BCUT2D eigenvalue weighted by Crippen LogP contribution is 2.37. The molecular formula is C17H22O3S. The second-order valence-electron chi connectivity index (χ2n) is 5.85. The van der Waals surface area contributed by atoms with E-state index < -0.39 is 0 Å². The van der Waals surface area contributed by atoms with Crippen LogP contribution in [0.15, 0.2) is 29.2 Å². The normalized spacial score (nSPS) is 28.9. The number of hydrogen-bond acceptors (Lipinski definition) is 4. The molecule has 1 aromatic rings. The maximum absolute atomic E-state index is 12.7. The van der Waals surface area contributed by atoms with Crippen LogP contribution in [-0.2, 0) is 9.47 Å². The van der Waals surface area contributed by atoms with Gasteiger partial charge in [0.1, 0.15) is 0 Å². The Hall–Kier alpha value is -0.840. The molecule has 0 radical (unpaired) electrons. The van der Waals surface area contributed by atoms with Crippen LogP contribution in [0.5, 0.6) is 0 Å². The predicted molar refractivity (Wildman–Crippen MR) is 84.0 cm³/mol. The lowest BCUT2D eigenvalue weighted by atomic mass is 9.81. The quantitative estimate of drug-likeness (QED) is 0.629. The van der Waals surface area contributed by atoms with Crippen LogP contribution in [0.4, 0.5) is 0 Å². The van der Waals surface area contributed by atoms with E-state index in [4.69, 9.17) is 9.47 Å². The summed E-state index contributed by atoms with van der Waals surface area (Å²) in [7, 11) is 0. The lowest BCUT2D eigenvalue weighted by Crippen LogP contribution is -2.42. The molecule has 2 aliphatic rings. The summed E-state index contributed by atoms with van der Waals surface area (Å²) in [6.45, 7) is 4.20. The van der Waals surface area contributed by atoms with Crippen LogP contribution in [0.1, 0.15) is 36.5 Å². The van der Waals surface area contributed by atoms with Gasteiger partial charge in [0.15, 0.2) is 5.78 Å². The minimum atomic E-state index is -0.198. The second kappa shape index (κ2) is 6.51. The average Bonchev–Trinajstić information content (AvgIpc) is 2.95. The van der Waals surface area contributed by atoms with E-state index in [9.17, 15) is 4.79 Å². The third-order valence-corrected chi connectivity index (χ3v) is 5.27. The van der Waals surface area contributed by atoms with Crippen LogP contribution >= 0.6 is 11.8 Å². The summed E-state index contributed by atoms with van der Waals surface area (Å²) in [5, 5.41) is 0. The SMILES string of the molecule is CCSc1ccc(C(=O)C2CCOC3(CCOC3)C2)cc1. The zero-order valence-electron chi connectivity index (χ0n) is 12.5. The Balaban J connectivity index is 1.69. The molecule has 2 fully saturated rings. The van der Waals surface area contributed by atoms with Crippen LogP contribution in [0.2, 0.25) is 0 Å². The molecule has 0 saturated carbocycles. The molecule has 0 bridgehead atoms. The van der Waals surface area contributed by atoms with E-state index in [0.29, 0.717) is 13.2 Å². The van der Waals surface area contributed by atoms with Gasteiger partial charge in [-0.2, -0.15) is 0 Å². The highest BCUT2D eigenvalue weighted by Gasteiger charge is 2.42. The van der Waals surface area contributed by atoms with Crippen molar-refractivity contribution in [2.75, 3.05) is 25.6 Å². The van der Waals surface area contributed by atoms with Gasteiger partial charge in [0.25, 0.3) is 0 Å². The van der Waals surface area contributed by atoms with Gasteiger partial charge in [0, 0.05) is 36.0 Å². The summed E-state index contributed by atoms with van der Waals surface area (Å²) in [4.78, 5) is 13.9. The van der Waals surface area contributed by atoms with Crippen molar-refractivity contribution < 1.29 is 14.3 Å². The molecule has 4 heteroatoms. The Morgan fingerprint density at radius 3 is 2.81 bits per heavy atom. The van der Waals surface area contributed by atoms with Crippen LogP contribution < -0.4 is 0 Å². The van der Waals surface area contributed by atoms with Crippen molar-refractivity contribution in [3.63, 3.8) is 0 Å². The molecule has 2 saturated heterocycles. The number of benzene rings is 1. The first-order valence-electron chi connectivity index (χ1n) is 7.71. The molecule has 0 aliphatic carbocycles. The average molecular weight is 306 g/mol. The zero-order valence-corrected chi connectivity index (χ0v) is 13.3. The summed E-state index contributed by atoms with van der Waals surface area (Å²) in [5.41, 5.74) is 0.632. The molecule has 2 unspecified atom stereocenters. The van der Waals surface area contributed by atoms with Gasteiger partial charge in [-0.3, -0.25) is 4.79 Å². The number of carbonyl (C=O) groups is 1. The molecule has 2 aliphatic heterocycles. The molecule has 0 N–H and O–H groups in total. The molecule has 21 heavy (non-hydrogen) atoms. The minimum Gasteiger partial charge on any atom is -0.378 e.